The van der Waals surface area contributed by atoms with Crippen LogP contribution in [0.15, 0.2) is 48.5 Å². The van der Waals surface area contributed by atoms with Crippen molar-refractivity contribution in [1.82, 2.24) is 4.72 Å². The summed E-state index contributed by atoms with van der Waals surface area (Å²) >= 11 is 0. The Balaban J connectivity index is 1.80. The lowest BCUT2D eigenvalue weighted by Crippen LogP contribution is -2.42. The summed E-state index contributed by atoms with van der Waals surface area (Å²) in [5.74, 6) is -0.157. The van der Waals surface area contributed by atoms with Crippen LogP contribution in [0.2, 0.25) is 0 Å². The lowest BCUT2D eigenvalue weighted by molar-refractivity contribution is 0.0981. The molecule has 0 spiro atoms. The van der Waals surface area contributed by atoms with Gasteiger partial charge in [-0.3, -0.25) is 9.10 Å². The highest BCUT2D eigenvalue weighted by Gasteiger charge is 2.30. The highest BCUT2D eigenvalue weighted by atomic mass is 32.2. The number of benzene rings is 2. The summed E-state index contributed by atoms with van der Waals surface area (Å²) in [6, 6.07) is 13.7. The van der Waals surface area contributed by atoms with Crippen molar-refractivity contribution in [3.63, 3.8) is 0 Å². The summed E-state index contributed by atoms with van der Waals surface area (Å²) in [6.45, 7) is 2.62. The molecular formula is C17H18N2O4S. The van der Waals surface area contributed by atoms with E-state index in [9.17, 15) is 13.2 Å². The number of carbonyl (C=O) groups is 1. The van der Waals surface area contributed by atoms with E-state index in [1.54, 1.807) is 30.3 Å². The molecule has 7 heteroatoms. The first kappa shape index (κ1) is 16.3. The van der Waals surface area contributed by atoms with E-state index in [0.717, 1.165) is 5.56 Å². The number of para-hydroxylation sites is 1. The van der Waals surface area contributed by atoms with Crippen LogP contribution < -0.4 is 13.8 Å². The Hall–Kier alpha value is -2.54. The molecule has 2 aromatic rings. The molecule has 0 atom stereocenters. The van der Waals surface area contributed by atoms with Gasteiger partial charge in [-0.05, 0) is 43.2 Å². The maximum atomic E-state index is 12.6. The molecule has 3 rings (SSSR count). The first-order valence-electron chi connectivity index (χ1n) is 7.67. The highest BCUT2D eigenvalue weighted by molar-refractivity contribution is 7.91. The number of ether oxygens (including phenoxy) is 1. The van der Waals surface area contributed by atoms with Crippen molar-refractivity contribution in [2.24, 2.45) is 0 Å². The summed E-state index contributed by atoms with van der Waals surface area (Å²) in [7, 11) is -3.95. The van der Waals surface area contributed by atoms with Crippen molar-refractivity contribution in [2.75, 3.05) is 17.5 Å². The fourth-order valence-electron chi connectivity index (χ4n) is 2.68. The third-order valence-corrected chi connectivity index (χ3v) is 5.17. The number of anilines is 1. The molecule has 1 N–H and O–H groups in total. The standard InChI is InChI=1S/C17H18N2O4S/c1-2-23-15-8-5-7-14(12-15)17(20)18-24(21,22)19-11-10-13-6-3-4-9-16(13)19/h3-9,12H,2,10-11H2,1H3,(H,18,20). The summed E-state index contributed by atoms with van der Waals surface area (Å²) in [5, 5.41) is 0. The van der Waals surface area contributed by atoms with Crippen LogP contribution in [0.5, 0.6) is 5.75 Å². The van der Waals surface area contributed by atoms with Crippen molar-refractivity contribution in [3.8, 4) is 5.75 Å². The third kappa shape index (κ3) is 3.21. The molecule has 1 aliphatic rings. The predicted octanol–water partition coefficient (Wildman–Crippen LogP) is 2.12. The van der Waals surface area contributed by atoms with Gasteiger partial charge in [-0.1, -0.05) is 24.3 Å². The Morgan fingerprint density at radius 1 is 1.21 bits per heavy atom. The van der Waals surface area contributed by atoms with Crippen LogP contribution in [0.3, 0.4) is 0 Å². The molecule has 0 aromatic heterocycles. The molecule has 2 aromatic carbocycles. The number of carbonyl (C=O) groups excluding carboxylic acids is 1. The van der Waals surface area contributed by atoms with Crippen molar-refractivity contribution < 1.29 is 17.9 Å². The van der Waals surface area contributed by atoms with Gasteiger partial charge in [0, 0.05) is 12.1 Å². The second kappa shape index (κ2) is 6.52. The number of rotatable bonds is 5. The lowest BCUT2D eigenvalue weighted by atomic mass is 10.2. The monoisotopic (exact) mass is 346 g/mol. The van der Waals surface area contributed by atoms with E-state index in [1.165, 1.54) is 10.4 Å². The van der Waals surface area contributed by atoms with E-state index in [-0.39, 0.29) is 5.56 Å². The summed E-state index contributed by atoms with van der Waals surface area (Å²) in [4.78, 5) is 12.3. The average Bonchev–Trinajstić information content (AvgIpc) is 3.00. The topological polar surface area (TPSA) is 75.7 Å². The van der Waals surface area contributed by atoms with Crippen LogP contribution in [0.1, 0.15) is 22.8 Å². The normalized spacial score (nSPS) is 13.5. The van der Waals surface area contributed by atoms with E-state index in [1.807, 2.05) is 19.1 Å². The minimum absolute atomic E-state index is 0.233. The third-order valence-electron chi connectivity index (χ3n) is 3.76. The first-order valence-corrected chi connectivity index (χ1v) is 9.11. The number of amides is 1. The lowest BCUT2D eigenvalue weighted by Gasteiger charge is -2.19. The number of fused-ring (bicyclic) bond motifs is 1. The molecule has 6 nitrogen and oxygen atoms in total. The van der Waals surface area contributed by atoms with Gasteiger partial charge in [0.2, 0.25) is 0 Å². The highest BCUT2D eigenvalue weighted by Crippen LogP contribution is 2.29. The van der Waals surface area contributed by atoms with E-state index < -0.39 is 16.1 Å². The summed E-state index contributed by atoms with van der Waals surface area (Å²) < 4.78 is 33.8. The Morgan fingerprint density at radius 2 is 2.00 bits per heavy atom. The van der Waals surface area contributed by atoms with Crippen LogP contribution >= 0.6 is 0 Å². The molecule has 126 valence electrons. The molecular weight excluding hydrogens is 328 g/mol. The van der Waals surface area contributed by atoms with Crippen molar-refractivity contribution in [2.45, 2.75) is 13.3 Å². The molecule has 0 saturated heterocycles. The van der Waals surface area contributed by atoms with Crippen LogP contribution in [-0.2, 0) is 16.6 Å². The van der Waals surface area contributed by atoms with Gasteiger partial charge < -0.3 is 4.74 Å². The molecule has 1 heterocycles. The number of hydrogen-bond donors (Lipinski definition) is 1. The zero-order chi connectivity index (χ0) is 17.2. The van der Waals surface area contributed by atoms with E-state index in [0.29, 0.717) is 31.0 Å². The largest absolute Gasteiger partial charge is 0.494 e. The van der Waals surface area contributed by atoms with Crippen LogP contribution in [0.25, 0.3) is 0 Å². The second-order valence-corrected chi connectivity index (χ2v) is 6.94. The van der Waals surface area contributed by atoms with Gasteiger partial charge in [0.15, 0.2) is 0 Å². The zero-order valence-electron chi connectivity index (χ0n) is 13.2. The van der Waals surface area contributed by atoms with Crippen LogP contribution in [-0.4, -0.2) is 27.5 Å². The van der Waals surface area contributed by atoms with Gasteiger partial charge in [-0.2, -0.15) is 8.42 Å². The smallest absolute Gasteiger partial charge is 0.326 e. The van der Waals surface area contributed by atoms with Gasteiger partial charge in [0.1, 0.15) is 5.75 Å². The maximum Gasteiger partial charge on any atom is 0.326 e. The van der Waals surface area contributed by atoms with Crippen molar-refractivity contribution in [1.29, 1.82) is 0 Å². The minimum atomic E-state index is -3.95. The molecule has 0 aliphatic carbocycles. The Kier molecular flexibility index (Phi) is 4.44. The van der Waals surface area contributed by atoms with E-state index >= 15 is 0 Å². The maximum absolute atomic E-state index is 12.6. The number of nitrogens with one attached hydrogen (secondary N) is 1. The minimum Gasteiger partial charge on any atom is -0.494 e. The van der Waals surface area contributed by atoms with Gasteiger partial charge >= 0.3 is 10.2 Å². The average molecular weight is 346 g/mol. The Bertz CT molecular complexity index is 864. The molecule has 0 saturated carbocycles. The van der Waals surface area contributed by atoms with Gasteiger partial charge in [-0.15, -0.1) is 0 Å². The molecule has 24 heavy (non-hydrogen) atoms. The fourth-order valence-corrected chi connectivity index (χ4v) is 3.91. The molecule has 0 radical (unpaired) electrons. The van der Waals surface area contributed by atoms with Gasteiger partial charge in [0.25, 0.3) is 5.91 Å². The fraction of sp³-hybridized carbons (Fsp3) is 0.235. The zero-order valence-corrected chi connectivity index (χ0v) is 14.0. The van der Waals surface area contributed by atoms with Crippen molar-refractivity contribution >= 4 is 21.8 Å². The molecule has 0 bridgehead atoms. The summed E-state index contributed by atoms with van der Waals surface area (Å²) in [5.41, 5.74) is 1.80. The first-order chi connectivity index (χ1) is 11.5. The quantitative estimate of drug-likeness (QED) is 0.900. The molecule has 1 aliphatic heterocycles. The van der Waals surface area contributed by atoms with Gasteiger partial charge in [-0.25, -0.2) is 4.72 Å². The SMILES string of the molecule is CCOc1cccc(C(=O)NS(=O)(=O)N2CCc3ccccc32)c1. The summed E-state index contributed by atoms with van der Waals surface area (Å²) in [6.07, 6.45) is 0.630. The van der Waals surface area contributed by atoms with Crippen LogP contribution in [0.4, 0.5) is 5.69 Å². The Labute approximate surface area is 141 Å². The molecule has 0 unspecified atom stereocenters. The molecule has 0 fully saturated rings. The van der Waals surface area contributed by atoms with E-state index in [2.05, 4.69) is 4.72 Å². The second-order valence-electron chi connectivity index (χ2n) is 5.35. The number of hydrogen-bond acceptors (Lipinski definition) is 4. The van der Waals surface area contributed by atoms with E-state index in [4.69, 9.17) is 4.74 Å². The Morgan fingerprint density at radius 3 is 2.79 bits per heavy atom. The van der Waals surface area contributed by atoms with Gasteiger partial charge in [0.05, 0.1) is 12.3 Å². The predicted molar refractivity (Wildman–Crippen MR) is 91.5 cm³/mol. The van der Waals surface area contributed by atoms with Crippen molar-refractivity contribution in [3.05, 3.63) is 59.7 Å². The molecule has 1 amide bonds. The number of nitrogens with zero attached hydrogens (tertiary/aromatic N) is 1. The van der Waals surface area contributed by atoms with Crippen LogP contribution in [0, 0.1) is 0 Å².